The average Bonchev–Trinajstić information content (AvgIpc) is 2.71. The summed E-state index contributed by atoms with van der Waals surface area (Å²) in [5.74, 6) is -0.124. The van der Waals surface area contributed by atoms with Crippen molar-refractivity contribution in [3.05, 3.63) is 52.5 Å². The highest BCUT2D eigenvalue weighted by Gasteiger charge is 2.33. The van der Waals surface area contributed by atoms with Gasteiger partial charge in [-0.05, 0) is 63.4 Å². The molecule has 2 aromatic rings. The zero-order chi connectivity index (χ0) is 21.9. The lowest BCUT2D eigenvalue weighted by Crippen LogP contribution is -2.43. The van der Waals surface area contributed by atoms with Crippen molar-refractivity contribution in [2.24, 2.45) is 5.92 Å². The Hall–Kier alpha value is -2.09. The lowest BCUT2D eigenvalue weighted by Gasteiger charge is -2.31. The van der Waals surface area contributed by atoms with Gasteiger partial charge in [0.05, 0.1) is 22.4 Å². The fourth-order valence-electron chi connectivity index (χ4n) is 3.63. The minimum absolute atomic E-state index is 0.103. The summed E-state index contributed by atoms with van der Waals surface area (Å²) < 4.78 is 33.0. The molecule has 0 spiro atoms. The number of carbonyl (C=O) groups is 1. The maximum atomic E-state index is 13.1. The number of anilines is 1. The van der Waals surface area contributed by atoms with E-state index in [0.29, 0.717) is 31.7 Å². The molecule has 0 bridgehead atoms. The number of carbonyl (C=O) groups excluding carboxylic acids is 1. The molecule has 2 aromatic carbocycles. The van der Waals surface area contributed by atoms with Crippen molar-refractivity contribution in [3.8, 4) is 5.75 Å². The molecule has 30 heavy (non-hydrogen) atoms. The minimum atomic E-state index is -3.76. The number of nitrogens with one attached hydrogen (secondary N) is 1. The van der Waals surface area contributed by atoms with Crippen LogP contribution in [0.15, 0.2) is 41.3 Å². The standard InChI is InChI=1S/C22H27ClN2O4S/c1-4-29-21-10-8-18(13-19(21)23)30(27,28)25-11-5-6-17(14-25)22(26)24-20-9-7-15(2)12-16(20)3/h7-10,12-13,17H,4-6,11,14H2,1-3H3,(H,24,26)/t17-/m1/s1. The summed E-state index contributed by atoms with van der Waals surface area (Å²) >= 11 is 6.18. The second-order valence-electron chi connectivity index (χ2n) is 7.54. The van der Waals surface area contributed by atoms with Crippen LogP contribution in [0.4, 0.5) is 5.69 Å². The fraction of sp³-hybridized carbons (Fsp3) is 0.409. The third kappa shape index (κ3) is 4.96. The number of hydrogen-bond acceptors (Lipinski definition) is 4. The number of aryl methyl sites for hydroxylation is 2. The van der Waals surface area contributed by atoms with Gasteiger partial charge in [0.15, 0.2) is 0 Å². The number of ether oxygens (including phenoxy) is 1. The molecular formula is C22H27ClN2O4S. The van der Waals surface area contributed by atoms with Crippen LogP contribution in [0.1, 0.15) is 30.9 Å². The Labute approximate surface area is 183 Å². The molecule has 6 nitrogen and oxygen atoms in total. The van der Waals surface area contributed by atoms with Gasteiger partial charge in [-0.3, -0.25) is 4.79 Å². The Bertz CT molecular complexity index is 1040. The van der Waals surface area contributed by atoms with Crippen molar-refractivity contribution in [3.63, 3.8) is 0 Å². The Kier molecular flexibility index (Phi) is 7.06. The van der Waals surface area contributed by atoms with Crippen LogP contribution in [0.3, 0.4) is 0 Å². The van der Waals surface area contributed by atoms with E-state index in [0.717, 1.165) is 16.8 Å². The highest BCUT2D eigenvalue weighted by molar-refractivity contribution is 7.89. The second-order valence-corrected chi connectivity index (χ2v) is 9.88. The smallest absolute Gasteiger partial charge is 0.243 e. The number of rotatable bonds is 6. The van der Waals surface area contributed by atoms with E-state index in [1.807, 2.05) is 39.0 Å². The molecule has 8 heteroatoms. The van der Waals surface area contributed by atoms with E-state index in [1.54, 1.807) is 6.07 Å². The summed E-state index contributed by atoms with van der Waals surface area (Å²) in [4.78, 5) is 12.9. The Morgan fingerprint density at radius 1 is 1.23 bits per heavy atom. The molecule has 1 aliphatic rings. The molecule has 0 aromatic heterocycles. The van der Waals surface area contributed by atoms with Gasteiger partial charge in [-0.2, -0.15) is 4.31 Å². The van der Waals surface area contributed by atoms with Gasteiger partial charge in [0.25, 0.3) is 0 Å². The van der Waals surface area contributed by atoms with Crippen LogP contribution >= 0.6 is 11.6 Å². The van der Waals surface area contributed by atoms with Gasteiger partial charge in [0.2, 0.25) is 15.9 Å². The molecule has 1 saturated heterocycles. The van der Waals surface area contributed by atoms with Crippen LogP contribution in [0.25, 0.3) is 0 Å². The van der Waals surface area contributed by atoms with E-state index in [-0.39, 0.29) is 22.4 Å². The van der Waals surface area contributed by atoms with Crippen molar-refractivity contribution in [1.29, 1.82) is 0 Å². The largest absolute Gasteiger partial charge is 0.492 e. The van der Waals surface area contributed by atoms with E-state index < -0.39 is 15.9 Å². The molecular weight excluding hydrogens is 424 g/mol. The molecule has 1 heterocycles. The summed E-state index contributed by atoms with van der Waals surface area (Å²) in [5.41, 5.74) is 2.85. The first-order valence-electron chi connectivity index (χ1n) is 10.0. The zero-order valence-corrected chi connectivity index (χ0v) is 19.0. The van der Waals surface area contributed by atoms with Crippen LogP contribution < -0.4 is 10.1 Å². The molecule has 0 radical (unpaired) electrons. The molecule has 1 N–H and O–H groups in total. The predicted molar refractivity (Wildman–Crippen MR) is 119 cm³/mol. The lowest BCUT2D eigenvalue weighted by atomic mass is 9.98. The molecule has 1 fully saturated rings. The van der Waals surface area contributed by atoms with Gasteiger partial charge >= 0.3 is 0 Å². The van der Waals surface area contributed by atoms with E-state index in [4.69, 9.17) is 16.3 Å². The highest BCUT2D eigenvalue weighted by atomic mass is 35.5. The first-order chi connectivity index (χ1) is 14.2. The quantitative estimate of drug-likeness (QED) is 0.707. The van der Waals surface area contributed by atoms with Gasteiger partial charge in [-0.15, -0.1) is 0 Å². The van der Waals surface area contributed by atoms with E-state index in [1.165, 1.54) is 16.4 Å². The maximum Gasteiger partial charge on any atom is 0.243 e. The summed E-state index contributed by atoms with van der Waals surface area (Å²) in [6, 6.07) is 10.3. The Morgan fingerprint density at radius 3 is 2.67 bits per heavy atom. The molecule has 0 aliphatic carbocycles. The van der Waals surface area contributed by atoms with Gasteiger partial charge in [-0.25, -0.2) is 8.42 Å². The first kappa shape index (κ1) is 22.6. The summed E-state index contributed by atoms with van der Waals surface area (Å²) in [6.07, 6.45) is 1.27. The van der Waals surface area contributed by atoms with Crippen LogP contribution in [0.2, 0.25) is 5.02 Å². The maximum absolute atomic E-state index is 13.1. The number of hydrogen-bond donors (Lipinski definition) is 1. The molecule has 0 unspecified atom stereocenters. The normalized spacial score (nSPS) is 17.5. The van der Waals surface area contributed by atoms with Crippen LogP contribution in [-0.2, 0) is 14.8 Å². The van der Waals surface area contributed by atoms with Crippen LogP contribution in [-0.4, -0.2) is 38.3 Å². The van der Waals surface area contributed by atoms with Crippen molar-refractivity contribution in [2.75, 3.05) is 25.0 Å². The third-order valence-corrected chi connectivity index (χ3v) is 7.39. The average molecular weight is 451 g/mol. The summed E-state index contributed by atoms with van der Waals surface area (Å²) in [6.45, 7) is 6.73. The topological polar surface area (TPSA) is 75.7 Å². The predicted octanol–water partition coefficient (Wildman–Crippen LogP) is 4.39. The number of sulfonamides is 1. The number of piperidine rings is 1. The van der Waals surface area contributed by atoms with Crippen molar-refractivity contribution in [2.45, 2.75) is 38.5 Å². The van der Waals surface area contributed by atoms with Gasteiger partial charge in [-0.1, -0.05) is 29.3 Å². The summed E-state index contributed by atoms with van der Waals surface area (Å²) in [5, 5.41) is 3.20. The van der Waals surface area contributed by atoms with Gasteiger partial charge in [0.1, 0.15) is 5.75 Å². The Balaban J connectivity index is 1.74. The molecule has 1 atom stereocenters. The lowest BCUT2D eigenvalue weighted by molar-refractivity contribution is -0.120. The molecule has 1 aliphatic heterocycles. The number of halogens is 1. The fourth-order valence-corrected chi connectivity index (χ4v) is 5.48. The second kappa shape index (κ2) is 9.37. The number of nitrogens with zero attached hydrogens (tertiary/aromatic N) is 1. The van der Waals surface area contributed by atoms with E-state index in [2.05, 4.69) is 5.32 Å². The monoisotopic (exact) mass is 450 g/mol. The SMILES string of the molecule is CCOc1ccc(S(=O)(=O)N2CCC[C@@H](C(=O)Nc3ccc(C)cc3C)C2)cc1Cl. The van der Waals surface area contributed by atoms with Crippen molar-refractivity contribution >= 4 is 33.2 Å². The molecule has 0 saturated carbocycles. The van der Waals surface area contributed by atoms with Gasteiger partial charge in [0, 0.05) is 18.8 Å². The molecule has 1 amide bonds. The Morgan fingerprint density at radius 2 is 2.00 bits per heavy atom. The minimum Gasteiger partial charge on any atom is -0.492 e. The number of benzene rings is 2. The van der Waals surface area contributed by atoms with Crippen LogP contribution in [0, 0.1) is 19.8 Å². The zero-order valence-electron chi connectivity index (χ0n) is 17.4. The molecule has 3 rings (SSSR count). The van der Waals surface area contributed by atoms with E-state index >= 15 is 0 Å². The number of amides is 1. The highest BCUT2D eigenvalue weighted by Crippen LogP contribution is 2.31. The molecule has 162 valence electrons. The van der Waals surface area contributed by atoms with Gasteiger partial charge < -0.3 is 10.1 Å². The van der Waals surface area contributed by atoms with Crippen LogP contribution in [0.5, 0.6) is 5.75 Å². The van der Waals surface area contributed by atoms with Crippen molar-refractivity contribution < 1.29 is 17.9 Å². The van der Waals surface area contributed by atoms with Crippen molar-refractivity contribution in [1.82, 2.24) is 4.31 Å². The first-order valence-corrected chi connectivity index (χ1v) is 11.8. The summed E-state index contributed by atoms with van der Waals surface area (Å²) in [7, 11) is -3.76. The third-order valence-electron chi connectivity index (χ3n) is 5.24. The van der Waals surface area contributed by atoms with E-state index in [9.17, 15) is 13.2 Å².